The predicted octanol–water partition coefficient (Wildman–Crippen LogP) is 2.88. The average Bonchev–Trinajstić information content (AvgIpc) is 3.25. The van der Waals surface area contributed by atoms with Crippen molar-refractivity contribution in [2.75, 3.05) is 29.9 Å². The molecule has 1 heterocycles. The molecule has 3 N–H and O–H groups in total. The molecule has 23 heavy (non-hydrogen) atoms. The van der Waals surface area contributed by atoms with Gasteiger partial charge in [0.1, 0.15) is 0 Å². The van der Waals surface area contributed by atoms with Gasteiger partial charge in [-0.1, -0.05) is 0 Å². The van der Waals surface area contributed by atoms with E-state index in [4.69, 9.17) is 0 Å². The van der Waals surface area contributed by atoms with Crippen molar-refractivity contribution in [3.63, 3.8) is 0 Å². The molecule has 1 saturated heterocycles. The van der Waals surface area contributed by atoms with Gasteiger partial charge in [-0.25, -0.2) is 4.79 Å². The van der Waals surface area contributed by atoms with Crippen molar-refractivity contribution in [2.45, 2.75) is 45.1 Å². The van der Waals surface area contributed by atoms with Crippen molar-refractivity contribution in [3.8, 4) is 0 Å². The van der Waals surface area contributed by atoms with Crippen molar-refractivity contribution < 1.29 is 9.90 Å². The molecule has 1 aromatic rings. The highest BCUT2D eigenvalue weighted by molar-refractivity contribution is 5.91. The fourth-order valence-electron chi connectivity index (χ4n) is 3.36. The molecule has 0 aromatic heterocycles. The Morgan fingerprint density at radius 1 is 1.35 bits per heavy atom. The summed E-state index contributed by atoms with van der Waals surface area (Å²) in [6.45, 7) is 6.12. The van der Waals surface area contributed by atoms with Crippen LogP contribution < -0.4 is 15.5 Å². The first kappa shape index (κ1) is 16.1. The molecule has 1 aromatic carbocycles. The highest BCUT2D eigenvalue weighted by Crippen LogP contribution is 2.39. The fraction of sp³-hybridized carbons (Fsp3) is 0.611. The van der Waals surface area contributed by atoms with Crippen LogP contribution in [0.15, 0.2) is 18.2 Å². The number of aliphatic hydroxyl groups is 1. The summed E-state index contributed by atoms with van der Waals surface area (Å²) in [6, 6.07) is 5.92. The second-order valence-electron chi connectivity index (χ2n) is 7.12. The van der Waals surface area contributed by atoms with Crippen LogP contribution in [0.3, 0.4) is 0 Å². The number of hydrogen-bond donors (Lipinski definition) is 3. The Kier molecular flexibility index (Phi) is 4.48. The number of aryl methyl sites for hydroxylation is 1. The standard InChI is InChI=1S/C18H27N3O2/c1-13-11-15(21-9-3-4-10-21)7-8-16(13)19-17(23)20-18(2,12-22)14-5-6-14/h7-8,11,14,22H,3-6,9-10,12H2,1-2H3,(H2,19,20,23). The maximum absolute atomic E-state index is 12.3. The van der Waals surface area contributed by atoms with E-state index in [-0.39, 0.29) is 12.6 Å². The molecule has 126 valence electrons. The quantitative estimate of drug-likeness (QED) is 0.782. The molecular formula is C18H27N3O2. The number of anilines is 2. The number of benzene rings is 1. The Hall–Kier alpha value is -1.75. The number of carbonyl (C=O) groups is 1. The van der Waals surface area contributed by atoms with Gasteiger partial charge in [0, 0.05) is 24.5 Å². The van der Waals surface area contributed by atoms with Crippen LogP contribution in [0, 0.1) is 12.8 Å². The van der Waals surface area contributed by atoms with Crippen LogP contribution in [0.2, 0.25) is 0 Å². The Balaban J connectivity index is 1.64. The van der Waals surface area contributed by atoms with Crippen LogP contribution in [0.5, 0.6) is 0 Å². The van der Waals surface area contributed by atoms with Gasteiger partial charge in [-0.2, -0.15) is 0 Å². The lowest BCUT2D eigenvalue weighted by molar-refractivity contribution is 0.159. The summed E-state index contributed by atoms with van der Waals surface area (Å²) in [5.41, 5.74) is 2.58. The highest BCUT2D eigenvalue weighted by atomic mass is 16.3. The zero-order valence-electron chi connectivity index (χ0n) is 14.1. The summed E-state index contributed by atoms with van der Waals surface area (Å²) in [5, 5.41) is 15.4. The first-order valence-electron chi connectivity index (χ1n) is 8.57. The van der Waals surface area contributed by atoms with Gasteiger partial charge in [0.15, 0.2) is 0 Å². The van der Waals surface area contributed by atoms with E-state index < -0.39 is 5.54 Å². The van der Waals surface area contributed by atoms with E-state index in [1.165, 1.54) is 18.5 Å². The van der Waals surface area contributed by atoms with Crippen molar-refractivity contribution in [2.24, 2.45) is 5.92 Å². The lowest BCUT2D eigenvalue weighted by Crippen LogP contribution is -2.52. The Morgan fingerprint density at radius 2 is 2.04 bits per heavy atom. The number of amides is 2. The topological polar surface area (TPSA) is 64.6 Å². The second kappa shape index (κ2) is 6.40. The molecular weight excluding hydrogens is 290 g/mol. The molecule has 5 heteroatoms. The number of urea groups is 1. The average molecular weight is 317 g/mol. The smallest absolute Gasteiger partial charge is 0.319 e. The van der Waals surface area contributed by atoms with Gasteiger partial charge in [0.05, 0.1) is 12.1 Å². The fourth-order valence-corrected chi connectivity index (χ4v) is 3.36. The van der Waals surface area contributed by atoms with Crippen LogP contribution in [-0.4, -0.2) is 36.4 Å². The molecule has 1 atom stereocenters. The third-order valence-corrected chi connectivity index (χ3v) is 5.14. The maximum atomic E-state index is 12.3. The third-order valence-electron chi connectivity index (χ3n) is 5.14. The Bertz CT molecular complexity index is 580. The first-order valence-corrected chi connectivity index (χ1v) is 8.57. The van der Waals surface area contributed by atoms with Crippen LogP contribution in [0.25, 0.3) is 0 Å². The summed E-state index contributed by atoms with van der Waals surface area (Å²) in [6.07, 6.45) is 4.65. The number of hydrogen-bond acceptors (Lipinski definition) is 3. The van der Waals surface area contributed by atoms with Crippen LogP contribution in [0.1, 0.15) is 38.2 Å². The number of aliphatic hydroxyl groups excluding tert-OH is 1. The monoisotopic (exact) mass is 317 g/mol. The molecule has 0 spiro atoms. The molecule has 1 saturated carbocycles. The van der Waals surface area contributed by atoms with E-state index in [1.54, 1.807) is 0 Å². The maximum Gasteiger partial charge on any atom is 0.319 e. The van der Waals surface area contributed by atoms with E-state index in [1.807, 2.05) is 19.9 Å². The van der Waals surface area contributed by atoms with Gasteiger partial charge in [0.2, 0.25) is 0 Å². The van der Waals surface area contributed by atoms with Gasteiger partial charge >= 0.3 is 6.03 Å². The molecule has 1 aliphatic heterocycles. The molecule has 1 unspecified atom stereocenters. The zero-order chi connectivity index (χ0) is 16.4. The molecule has 1 aliphatic carbocycles. The van der Waals surface area contributed by atoms with E-state index in [0.29, 0.717) is 5.92 Å². The highest BCUT2D eigenvalue weighted by Gasteiger charge is 2.42. The lowest BCUT2D eigenvalue weighted by Gasteiger charge is -2.29. The lowest BCUT2D eigenvalue weighted by atomic mass is 9.97. The number of nitrogens with zero attached hydrogens (tertiary/aromatic N) is 1. The van der Waals surface area contributed by atoms with E-state index >= 15 is 0 Å². The van der Waals surface area contributed by atoms with Gasteiger partial charge in [0.25, 0.3) is 0 Å². The van der Waals surface area contributed by atoms with Crippen LogP contribution in [-0.2, 0) is 0 Å². The van der Waals surface area contributed by atoms with Crippen molar-refractivity contribution in [3.05, 3.63) is 23.8 Å². The minimum atomic E-state index is -0.520. The van der Waals surface area contributed by atoms with Crippen molar-refractivity contribution in [1.82, 2.24) is 5.32 Å². The molecule has 2 aliphatic rings. The van der Waals surface area contributed by atoms with Gasteiger partial charge in [-0.3, -0.25) is 0 Å². The van der Waals surface area contributed by atoms with Crippen molar-refractivity contribution >= 4 is 17.4 Å². The summed E-state index contributed by atoms with van der Waals surface area (Å²) >= 11 is 0. The summed E-state index contributed by atoms with van der Waals surface area (Å²) in [5.74, 6) is 0.386. The van der Waals surface area contributed by atoms with Crippen LogP contribution >= 0.6 is 0 Å². The second-order valence-corrected chi connectivity index (χ2v) is 7.12. The van der Waals surface area contributed by atoms with Gasteiger partial charge < -0.3 is 20.6 Å². The first-order chi connectivity index (χ1) is 11.0. The Labute approximate surface area is 138 Å². The summed E-state index contributed by atoms with van der Waals surface area (Å²) in [7, 11) is 0. The van der Waals surface area contributed by atoms with E-state index in [2.05, 4.69) is 27.7 Å². The molecule has 2 amide bonds. The molecule has 2 fully saturated rings. The van der Waals surface area contributed by atoms with Gasteiger partial charge in [-0.15, -0.1) is 0 Å². The molecule has 3 rings (SSSR count). The number of nitrogens with one attached hydrogen (secondary N) is 2. The largest absolute Gasteiger partial charge is 0.394 e. The Morgan fingerprint density at radius 3 is 2.61 bits per heavy atom. The normalized spacial score (nSPS) is 20.2. The third kappa shape index (κ3) is 3.61. The molecule has 0 bridgehead atoms. The summed E-state index contributed by atoms with van der Waals surface area (Å²) < 4.78 is 0. The van der Waals surface area contributed by atoms with Gasteiger partial charge in [-0.05, 0) is 69.2 Å². The zero-order valence-corrected chi connectivity index (χ0v) is 14.1. The number of carbonyl (C=O) groups excluding carboxylic acids is 1. The minimum Gasteiger partial charge on any atom is -0.394 e. The summed E-state index contributed by atoms with van der Waals surface area (Å²) in [4.78, 5) is 14.7. The van der Waals surface area contributed by atoms with Crippen LogP contribution in [0.4, 0.5) is 16.2 Å². The van der Waals surface area contributed by atoms with Crippen molar-refractivity contribution in [1.29, 1.82) is 0 Å². The molecule has 5 nitrogen and oxygen atoms in total. The number of rotatable bonds is 5. The molecule has 0 radical (unpaired) electrons. The van der Waals surface area contributed by atoms with E-state index in [0.717, 1.165) is 37.2 Å². The SMILES string of the molecule is Cc1cc(N2CCCC2)ccc1NC(=O)NC(C)(CO)C1CC1. The predicted molar refractivity (Wildman–Crippen MR) is 93.0 cm³/mol. The van der Waals surface area contributed by atoms with E-state index in [9.17, 15) is 9.90 Å². The minimum absolute atomic E-state index is 0.0298.